The van der Waals surface area contributed by atoms with Crippen LogP contribution in [0.25, 0.3) is 0 Å². The minimum atomic E-state index is -4.50. The van der Waals surface area contributed by atoms with Crippen molar-refractivity contribution in [1.82, 2.24) is 30.6 Å². The molecule has 4 aromatic rings. The second-order valence-corrected chi connectivity index (χ2v) is 10.3. The summed E-state index contributed by atoms with van der Waals surface area (Å²) in [4.78, 5) is 14.2. The summed E-state index contributed by atoms with van der Waals surface area (Å²) in [5.74, 6) is -0.429. The lowest BCUT2D eigenvalue weighted by Gasteiger charge is -2.24. The molecular formula is C30H29F7N8O2. The lowest BCUT2D eigenvalue weighted by molar-refractivity contribution is -0.141. The van der Waals surface area contributed by atoms with Crippen molar-refractivity contribution in [2.45, 2.75) is 24.6 Å². The average Bonchev–Trinajstić information content (AvgIpc) is 3.06. The Kier molecular flexibility index (Phi) is 10.8. The minimum Gasteiger partial charge on any atom is -0.371 e. The summed E-state index contributed by atoms with van der Waals surface area (Å²) in [6.45, 7) is 3.99. The number of anilines is 4. The molecule has 0 unspecified atom stereocenters. The summed E-state index contributed by atoms with van der Waals surface area (Å²) in [6.07, 6.45) is -7.14. The number of morpholine rings is 2. The van der Waals surface area contributed by atoms with E-state index in [0.717, 1.165) is 37.6 Å². The molecule has 0 aliphatic carbocycles. The average molecular weight is 667 g/mol. The molecule has 4 heterocycles. The summed E-state index contributed by atoms with van der Waals surface area (Å²) in [6, 6.07) is 12.6. The Morgan fingerprint density at radius 3 is 1.91 bits per heavy atom. The number of rotatable bonds is 6. The molecule has 2 saturated heterocycles. The van der Waals surface area contributed by atoms with Crippen LogP contribution in [0.2, 0.25) is 0 Å². The molecule has 2 aliphatic heterocycles. The van der Waals surface area contributed by atoms with Crippen LogP contribution in [0.3, 0.4) is 0 Å². The summed E-state index contributed by atoms with van der Waals surface area (Å²) < 4.78 is 101. The molecule has 2 aromatic carbocycles. The van der Waals surface area contributed by atoms with Gasteiger partial charge in [0, 0.05) is 61.6 Å². The van der Waals surface area contributed by atoms with Gasteiger partial charge in [0.2, 0.25) is 5.95 Å². The lowest BCUT2D eigenvalue weighted by atomic mass is 10.1. The van der Waals surface area contributed by atoms with E-state index in [1.807, 2.05) is 12.1 Å². The van der Waals surface area contributed by atoms with Crippen molar-refractivity contribution in [1.29, 1.82) is 0 Å². The van der Waals surface area contributed by atoms with Crippen LogP contribution in [-0.4, -0.2) is 59.3 Å². The van der Waals surface area contributed by atoms with E-state index in [4.69, 9.17) is 9.47 Å². The van der Waals surface area contributed by atoms with Gasteiger partial charge in [0.05, 0.1) is 31.0 Å². The van der Waals surface area contributed by atoms with Crippen molar-refractivity contribution in [3.63, 3.8) is 0 Å². The smallest absolute Gasteiger partial charge is 0.371 e. The fraction of sp³-hybridized carbons (Fsp3) is 0.333. The largest absolute Gasteiger partial charge is 0.433 e. The van der Waals surface area contributed by atoms with Crippen LogP contribution in [0, 0.1) is 5.82 Å². The zero-order valence-corrected chi connectivity index (χ0v) is 24.5. The van der Waals surface area contributed by atoms with Gasteiger partial charge < -0.3 is 30.7 Å². The number of hydrogen-bond donors (Lipinski definition) is 4. The molecule has 2 aliphatic rings. The summed E-state index contributed by atoms with van der Waals surface area (Å²) in [5.41, 5.74) is 0.483. The Morgan fingerprint density at radius 1 is 0.702 bits per heavy atom. The van der Waals surface area contributed by atoms with Gasteiger partial charge in [-0.3, -0.25) is 0 Å². The number of halogens is 7. The molecule has 250 valence electrons. The fourth-order valence-corrected chi connectivity index (χ4v) is 4.59. The number of nitrogens with zero attached hydrogens (tertiary/aromatic N) is 4. The highest BCUT2D eigenvalue weighted by Gasteiger charge is 2.33. The molecular weight excluding hydrogens is 637 g/mol. The first-order valence-corrected chi connectivity index (χ1v) is 14.3. The van der Waals surface area contributed by atoms with E-state index in [9.17, 15) is 30.7 Å². The Balaban J connectivity index is 0.000000185. The molecule has 2 fully saturated rings. The van der Waals surface area contributed by atoms with E-state index >= 15 is 0 Å². The third-order valence-electron chi connectivity index (χ3n) is 6.95. The van der Waals surface area contributed by atoms with Gasteiger partial charge in [0.1, 0.15) is 23.7 Å². The van der Waals surface area contributed by atoms with Crippen LogP contribution in [0.1, 0.15) is 34.6 Å². The third kappa shape index (κ3) is 9.54. The molecule has 0 saturated carbocycles. The van der Waals surface area contributed by atoms with Gasteiger partial charge in [-0.15, -0.1) is 0 Å². The monoisotopic (exact) mass is 666 g/mol. The van der Waals surface area contributed by atoms with Crippen LogP contribution in [-0.2, 0) is 21.8 Å². The Morgan fingerprint density at radius 2 is 1.34 bits per heavy atom. The quantitative estimate of drug-likeness (QED) is 0.184. The molecule has 0 radical (unpaired) electrons. The maximum absolute atomic E-state index is 14.2. The lowest BCUT2D eigenvalue weighted by Crippen LogP contribution is -2.33. The van der Waals surface area contributed by atoms with Crippen molar-refractivity contribution in [3.8, 4) is 0 Å². The normalized spacial score (nSPS) is 18.5. The van der Waals surface area contributed by atoms with Crippen molar-refractivity contribution in [3.05, 3.63) is 95.5 Å². The molecule has 0 spiro atoms. The number of nitrogens with one attached hydrogen (secondary N) is 4. The SMILES string of the molecule is FC(F)(F)c1cc(Nc2ccc([C@@H]3CNCCO3)cc2)ncn1.Fc1cc(Nc2ncc(C(F)(F)F)cn2)ccc1[C@H]1CNCCO1. The van der Waals surface area contributed by atoms with Crippen molar-refractivity contribution >= 4 is 23.1 Å². The van der Waals surface area contributed by atoms with Gasteiger partial charge in [-0.2, -0.15) is 26.3 Å². The summed E-state index contributed by atoms with van der Waals surface area (Å²) >= 11 is 0. The van der Waals surface area contributed by atoms with E-state index in [0.29, 0.717) is 49.1 Å². The Hall–Kier alpha value is -4.45. The molecule has 10 nitrogen and oxygen atoms in total. The van der Waals surface area contributed by atoms with Crippen molar-refractivity contribution < 1.29 is 40.2 Å². The first kappa shape index (κ1) is 33.9. The molecule has 6 rings (SSSR count). The predicted octanol–water partition coefficient (Wildman–Crippen LogP) is 5.94. The highest BCUT2D eigenvalue weighted by Crippen LogP contribution is 2.30. The van der Waals surface area contributed by atoms with E-state index in [-0.39, 0.29) is 24.0 Å². The van der Waals surface area contributed by atoms with Crippen LogP contribution >= 0.6 is 0 Å². The molecule has 4 N–H and O–H groups in total. The first-order chi connectivity index (χ1) is 22.5. The van der Waals surface area contributed by atoms with Gasteiger partial charge in [-0.05, 0) is 29.8 Å². The zero-order valence-electron chi connectivity index (χ0n) is 24.5. The molecule has 47 heavy (non-hydrogen) atoms. The van der Waals surface area contributed by atoms with Crippen LogP contribution in [0.15, 0.2) is 67.3 Å². The standard InChI is InChI=1S/C15H14F4N4O.C15H15F3N4O/c16-12-5-10(1-2-11(12)13-8-20-3-4-24-13)23-14-21-6-9(7-22-14)15(17,18)19;16-15(17,18)13-7-14(21-9-20-13)22-11-3-1-10(2-4-11)12-8-19-5-6-23-12/h1-2,5-7,13,20H,3-4,8H2,(H,21,22,23);1-4,7,9,12,19H,5-6,8H2,(H,20,21,22)/t13-;12-/m10/s1. The zero-order chi connectivity index (χ0) is 33.4. The number of ether oxygens (including phenoxy) is 2. The van der Waals surface area contributed by atoms with Gasteiger partial charge in [-0.25, -0.2) is 24.3 Å². The topological polar surface area (TPSA) is 118 Å². The molecule has 0 amide bonds. The predicted molar refractivity (Wildman–Crippen MR) is 157 cm³/mol. The number of benzene rings is 2. The van der Waals surface area contributed by atoms with Gasteiger partial charge in [0.25, 0.3) is 0 Å². The fourth-order valence-electron chi connectivity index (χ4n) is 4.59. The molecule has 2 atom stereocenters. The van der Waals surface area contributed by atoms with E-state index in [2.05, 4.69) is 41.2 Å². The Bertz CT molecular complexity index is 1590. The van der Waals surface area contributed by atoms with Crippen LogP contribution in [0.4, 0.5) is 53.9 Å². The maximum Gasteiger partial charge on any atom is 0.433 e. The highest BCUT2D eigenvalue weighted by molar-refractivity contribution is 5.57. The first-order valence-electron chi connectivity index (χ1n) is 14.3. The number of hydrogen-bond acceptors (Lipinski definition) is 10. The van der Waals surface area contributed by atoms with Crippen molar-refractivity contribution in [2.24, 2.45) is 0 Å². The van der Waals surface area contributed by atoms with Crippen molar-refractivity contribution in [2.75, 3.05) is 50.0 Å². The van der Waals surface area contributed by atoms with Gasteiger partial charge in [-0.1, -0.05) is 18.2 Å². The highest BCUT2D eigenvalue weighted by atomic mass is 19.4. The molecule has 2 aromatic heterocycles. The summed E-state index contributed by atoms with van der Waals surface area (Å²) in [5, 5.41) is 11.9. The maximum atomic E-state index is 14.2. The van der Waals surface area contributed by atoms with Crippen LogP contribution in [0.5, 0.6) is 0 Å². The van der Waals surface area contributed by atoms with Gasteiger partial charge >= 0.3 is 12.4 Å². The van der Waals surface area contributed by atoms with Gasteiger partial charge in [0.15, 0.2) is 0 Å². The molecule has 0 bridgehead atoms. The van der Waals surface area contributed by atoms with E-state index < -0.39 is 29.4 Å². The minimum absolute atomic E-state index is 0.00585. The second-order valence-electron chi connectivity index (χ2n) is 10.3. The Labute approximate surface area is 264 Å². The number of alkyl halides is 6. The van der Waals surface area contributed by atoms with Crippen LogP contribution < -0.4 is 21.3 Å². The summed E-state index contributed by atoms with van der Waals surface area (Å²) in [7, 11) is 0. The second kappa shape index (κ2) is 15.0. The van der Waals surface area contributed by atoms with E-state index in [1.165, 1.54) is 6.07 Å². The van der Waals surface area contributed by atoms with E-state index in [1.54, 1.807) is 24.3 Å². The third-order valence-corrected chi connectivity index (χ3v) is 6.95. The number of aromatic nitrogens is 4. The molecule has 17 heteroatoms.